The molecule has 1 saturated heterocycles. The molecule has 0 aliphatic carbocycles. The van der Waals surface area contributed by atoms with E-state index in [1.165, 1.54) is 44.9 Å². The van der Waals surface area contributed by atoms with Gasteiger partial charge in [-0.05, 0) is 13.0 Å². The molecule has 0 spiro atoms. The lowest BCUT2D eigenvalue weighted by Gasteiger charge is -2.29. The standard InChI is InChI=1S/C15H31ClN2O/c1-3-5-6-7-8-9-10-15-17(11-12-19)13-14(16)18(15)4-2/h14-15,19H,3-13H2,1-2H3. The van der Waals surface area contributed by atoms with Gasteiger partial charge >= 0.3 is 0 Å². The van der Waals surface area contributed by atoms with Crippen molar-refractivity contribution in [1.82, 2.24) is 9.80 Å². The Balaban J connectivity index is 2.30. The van der Waals surface area contributed by atoms with Gasteiger partial charge in [0.15, 0.2) is 0 Å². The van der Waals surface area contributed by atoms with Gasteiger partial charge < -0.3 is 5.11 Å². The molecule has 19 heavy (non-hydrogen) atoms. The number of alkyl halides is 1. The van der Waals surface area contributed by atoms with E-state index in [1.54, 1.807) is 0 Å². The number of aliphatic hydroxyl groups is 1. The average molecular weight is 291 g/mol. The van der Waals surface area contributed by atoms with E-state index in [9.17, 15) is 0 Å². The van der Waals surface area contributed by atoms with Crippen LogP contribution >= 0.6 is 11.6 Å². The third-order valence-corrected chi connectivity index (χ3v) is 4.51. The van der Waals surface area contributed by atoms with Crippen LogP contribution in [0.15, 0.2) is 0 Å². The maximum atomic E-state index is 9.16. The minimum absolute atomic E-state index is 0.113. The zero-order valence-corrected chi connectivity index (χ0v) is 13.4. The third kappa shape index (κ3) is 5.58. The number of likely N-dealkylation sites (N-methyl/N-ethyl adjacent to an activating group) is 1. The highest BCUT2D eigenvalue weighted by atomic mass is 35.5. The number of hydrogen-bond acceptors (Lipinski definition) is 3. The first-order chi connectivity index (χ1) is 9.24. The summed E-state index contributed by atoms with van der Waals surface area (Å²) >= 11 is 6.39. The molecule has 0 bridgehead atoms. The fourth-order valence-electron chi connectivity index (χ4n) is 3.05. The zero-order valence-electron chi connectivity index (χ0n) is 12.7. The number of halogens is 1. The second-order valence-electron chi connectivity index (χ2n) is 5.52. The van der Waals surface area contributed by atoms with Crippen molar-refractivity contribution in [2.45, 2.75) is 70.5 Å². The molecule has 1 aliphatic heterocycles. The largest absolute Gasteiger partial charge is 0.395 e. The van der Waals surface area contributed by atoms with Crippen LogP contribution in [0.25, 0.3) is 0 Å². The van der Waals surface area contributed by atoms with Crippen LogP contribution in [0, 0.1) is 0 Å². The minimum atomic E-state index is 0.113. The Morgan fingerprint density at radius 2 is 1.79 bits per heavy atom. The summed E-state index contributed by atoms with van der Waals surface area (Å²) in [6.07, 6.45) is 9.63. The highest BCUT2D eigenvalue weighted by Gasteiger charge is 2.36. The van der Waals surface area contributed by atoms with Crippen LogP contribution in [0.3, 0.4) is 0 Å². The maximum absolute atomic E-state index is 9.16. The van der Waals surface area contributed by atoms with E-state index in [-0.39, 0.29) is 12.1 Å². The van der Waals surface area contributed by atoms with Crippen molar-refractivity contribution in [3.63, 3.8) is 0 Å². The van der Waals surface area contributed by atoms with E-state index in [0.717, 1.165) is 19.6 Å². The molecule has 1 fully saturated rings. The first-order valence-electron chi connectivity index (χ1n) is 7.99. The van der Waals surface area contributed by atoms with Crippen molar-refractivity contribution in [2.75, 3.05) is 26.2 Å². The fourth-order valence-corrected chi connectivity index (χ4v) is 3.50. The molecule has 0 aromatic rings. The summed E-state index contributed by atoms with van der Waals surface area (Å²) in [5.41, 5.74) is 0.113. The summed E-state index contributed by atoms with van der Waals surface area (Å²) in [5.74, 6) is 0. The van der Waals surface area contributed by atoms with Gasteiger partial charge in [-0.1, -0.05) is 52.4 Å². The van der Waals surface area contributed by atoms with Crippen LogP contribution in [0.2, 0.25) is 0 Å². The van der Waals surface area contributed by atoms with Crippen LogP contribution in [-0.4, -0.2) is 52.8 Å². The van der Waals surface area contributed by atoms with Gasteiger partial charge in [0.05, 0.1) is 18.3 Å². The van der Waals surface area contributed by atoms with E-state index in [1.807, 2.05) is 0 Å². The molecular weight excluding hydrogens is 260 g/mol. The number of rotatable bonds is 10. The van der Waals surface area contributed by atoms with E-state index >= 15 is 0 Å². The van der Waals surface area contributed by atoms with Crippen LogP contribution in [0.4, 0.5) is 0 Å². The summed E-state index contributed by atoms with van der Waals surface area (Å²) in [7, 11) is 0. The quantitative estimate of drug-likeness (QED) is 0.380. The van der Waals surface area contributed by atoms with Crippen LogP contribution in [0.1, 0.15) is 58.8 Å². The Labute approximate surface area is 123 Å². The molecule has 1 heterocycles. The SMILES string of the molecule is CCCCCCCCC1N(CCO)CC(Cl)N1CC. The highest BCUT2D eigenvalue weighted by Crippen LogP contribution is 2.26. The molecule has 2 unspecified atom stereocenters. The summed E-state index contributed by atoms with van der Waals surface area (Å²) in [4.78, 5) is 4.70. The Morgan fingerprint density at radius 1 is 1.11 bits per heavy atom. The summed E-state index contributed by atoms with van der Waals surface area (Å²) in [5, 5.41) is 9.16. The molecule has 0 amide bonds. The van der Waals surface area contributed by atoms with Crippen molar-refractivity contribution < 1.29 is 5.11 Å². The molecule has 1 rings (SSSR count). The molecule has 1 aliphatic rings. The maximum Gasteiger partial charge on any atom is 0.0991 e. The Hall–Kier alpha value is 0.170. The monoisotopic (exact) mass is 290 g/mol. The predicted octanol–water partition coefficient (Wildman–Crippen LogP) is 3.26. The Bertz CT molecular complexity index is 228. The number of unbranched alkanes of at least 4 members (excludes halogenated alkanes) is 5. The Morgan fingerprint density at radius 3 is 2.42 bits per heavy atom. The van der Waals surface area contributed by atoms with Crippen LogP contribution < -0.4 is 0 Å². The lowest BCUT2D eigenvalue weighted by molar-refractivity contribution is 0.106. The first kappa shape index (κ1) is 17.2. The zero-order chi connectivity index (χ0) is 14.1. The van der Waals surface area contributed by atoms with Crippen LogP contribution in [0.5, 0.6) is 0 Å². The molecule has 2 atom stereocenters. The first-order valence-corrected chi connectivity index (χ1v) is 8.42. The van der Waals surface area contributed by atoms with E-state index in [0.29, 0.717) is 6.17 Å². The van der Waals surface area contributed by atoms with Gasteiger partial charge in [-0.25, -0.2) is 0 Å². The number of β-amino-alcohol motifs (C(OH)–C–C–N with tert-alkyl or cyclic N) is 1. The molecular formula is C15H31ClN2O. The summed E-state index contributed by atoms with van der Waals surface area (Å²) in [6.45, 7) is 7.29. The van der Waals surface area contributed by atoms with Crippen molar-refractivity contribution >= 4 is 11.6 Å². The van der Waals surface area contributed by atoms with Crippen molar-refractivity contribution in [3.05, 3.63) is 0 Å². The second kappa shape index (κ2) is 9.98. The van der Waals surface area contributed by atoms with Gasteiger partial charge in [-0.2, -0.15) is 0 Å². The highest BCUT2D eigenvalue weighted by molar-refractivity contribution is 6.20. The normalized spacial score (nSPS) is 25.3. The van der Waals surface area contributed by atoms with E-state index < -0.39 is 0 Å². The van der Waals surface area contributed by atoms with Gasteiger partial charge in [0.25, 0.3) is 0 Å². The third-order valence-electron chi connectivity index (χ3n) is 4.12. The van der Waals surface area contributed by atoms with Gasteiger partial charge in [0.1, 0.15) is 0 Å². The predicted molar refractivity (Wildman–Crippen MR) is 82.5 cm³/mol. The molecule has 114 valence electrons. The van der Waals surface area contributed by atoms with Gasteiger partial charge in [-0.15, -0.1) is 11.6 Å². The molecule has 0 saturated carbocycles. The Kier molecular flexibility index (Phi) is 9.04. The van der Waals surface area contributed by atoms with E-state index in [2.05, 4.69) is 23.6 Å². The van der Waals surface area contributed by atoms with Gasteiger partial charge in [0.2, 0.25) is 0 Å². The smallest absolute Gasteiger partial charge is 0.0991 e. The second-order valence-corrected chi connectivity index (χ2v) is 6.02. The average Bonchev–Trinajstić information content (AvgIpc) is 2.69. The molecule has 4 heteroatoms. The molecule has 1 N–H and O–H groups in total. The topological polar surface area (TPSA) is 26.7 Å². The van der Waals surface area contributed by atoms with Crippen molar-refractivity contribution in [2.24, 2.45) is 0 Å². The fraction of sp³-hybridized carbons (Fsp3) is 1.00. The molecule has 0 aromatic heterocycles. The molecule has 0 aromatic carbocycles. The summed E-state index contributed by atoms with van der Waals surface area (Å²) in [6, 6.07) is 0. The van der Waals surface area contributed by atoms with Crippen LogP contribution in [-0.2, 0) is 0 Å². The van der Waals surface area contributed by atoms with Gasteiger partial charge in [0, 0.05) is 13.1 Å². The summed E-state index contributed by atoms with van der Waals surface area (Å²) < 4.78 is 0. The lowest BCUT2D eigenvalue weighted by Crippen LogP contribution is -2.40. The molecule has 3 nitrogen and oxygen atoms in total. The lowest BCUT2D eigenvalue weighted by atomic mass is 10.1. The minimum Gasteiger partial charge on any atom is -0.395 e. The van der Waals surface area contributed by atoms with Gasteiger partial charge in [-0.3, -0.25) is 9.80 Å². The number of nitrogens with zero attached hydrogens (tertiary/aromatic N) is 2. The van der Waals surface area contributed by atoms with E-state index in [4.69, 9.17) is 16.7 Å². The van der Waals surface area contributed by atoms with Crippen molar-refractivity contribution in [3.8, 4) is 0 Å². The number of hydrogen-bond donors (Lipinski definition) is 1. The number of aliphatic hydroxyl groups excluding tert-OH is 1. The van der Waals surface area contributed by atoms with Crippen molar-refractivity contribution in [1.29, 1.82) is 0 Å². The molecule has 0 radical (unpaired) electrons.